The molecule has 15 nitrogen and oxygen atoms in total. The highest BCUT2D eigenvalue weighted by atomic mass is 32.2. The second kappa shape index (κ2) is 16.0. The number of thiazole rings is 1. The van der Waals surface area contributed by atoms with E-state index in [2.05, 4.69) is 42.1 Å². The molecule has 290 valence electrons. The molecule has 0 aliphatic carbocycles. The number of benzene rings is 5. The van der Waals surface area contributed by atoms with Crippen LogP contribution in [0.5, 0.6) is 0 Å². The van der Waals surface area contributed by atoms with Crippen molar-refractivity contribution in [2.24, 2.45) is 20.5 Å². The van der Waals surface area contributed by atoms with Crippen molar-refractivity contribution in [3.8, 4) is 17.3 Å². The zero-order chi connectivity index (χ0) is 41.2. The topological polar surface area (TPSA) is 232 Å². The van der Waals surface area contributed by atoms with E-state index in [0.717, 1.165) is 38.8 Å². The molecule has 0 radical (unpaired) electrons. The van der Waals surface area contributed by atoms with Gasteiger partial charge in [0.2, 0.25) is 5.13 Å². The fraction of sp³-hybridized carbons (Fsp3) is 0.0750. The molecule has 7 rings (SSSR count). The quantitative estimate of drug-likeness (QED) is 0.0707. The molecule has 0 saturated heterocycles. The Bertz CT molecular complexity index is 3030. The SMILES string of the molecule is Cc1cc(C)cc(N=Nc2sc(N=Nc3c(Nc4ccc(S(=O)(=O)O)cc4)nc(Nc4ccc(S(=O)(=O)O)cc4)c(C#N)c3C)nc2-c2ccc3ccccc3c2)c1. The van der Waals surface area contributed by atoms with Gasteiger partial charge in [0.05, 0.1) is 21.0 Å². The lowest BCUT2D eigenvalue weighted by atomic mass is 10.1. The van der Waals surface area contributed by atoms with Crippen molar-refractivity contribution in [1.82, 2.24) is 9.97 Å². The summed E-state index contributed by atoms with van der Waals surface area (Å²) < 4.78 is 65.4. The number of anilines is 4. The number of nitrogens with one attached hydrogen (secondary N) is 2. The summed E-state index contributed by atoms with van der Waals surface area (Å²) in [6, 6.07) is 32.3. The predicted octanol–water partition coefficient (Wildman–Crippen LogP) is 11.0. The fourth-order valence-electron chi connectivity index (χ4n) is 5.97. The standard InChI is InChI=1S/C40H31N9O6S3/c1-23-18-24(2)20-31(19-23)46-48-39-36(28-9-8-26-6-4-5-7-27(26)21-28)44-40(56-39)49-47-35-25(3)34(22-41)37(42-29-10-14-32(15-11-29)57(50,51)52)45-38(35)43-30-12-16-33(17-13-30)58(53,54)55/h4-21H,1-3H3,(H2,42,43,45)(H,50,51,52)(H,53,54,55). The van der Waals surface area contributed by atoms with Crippen LogP contribution in [0.1, 0.15) is 22.3 Å². The van der Waals surface area contributed by atoms with Gasteiger partial charge in [-0.05, 0) is 109 Å². The van der Waals surface area contributed by atoms with Gasteiger partial charge in [0.25, 0.3) is 20.2 Å². The maximum Gasteiger partial charge on any atom is 0.294 e. The number of fused-ring (bicyclic) bond motifs is 1. The molecule has 2 heterocycles. The van der Waals surface area contributed by atoms with Crippen molar-refractivity contribution in [3.05, 3.63) is 131 Å². The lowest BCUT2D eigenvalue weighted by Crippen LogP contribution is -2.05. The molecule has 0 aliphatic heterocycles. The lowest BCUT2D eigenvalue weighted by molar-refractivity contribution is 0.481. The summed E-state index contributed by atoms with van der Waals surface area (Å²) in [6.07, 6.45) is 0. The van der Waals surface area contributed by atoms with Crippen molar-refractivity contribution in [2.75, 3.05) is 10.6 Å². The molecule has 0 saturated carbocycles. The first-order valence-corrected chi connectivity index (χ1v) is 20.9. The Labute approximate surface area is 337 Å². The maximum absolute atomic E-state index is 11.7. The van der Waals surface area contributed by atoms with Gasteiger partial charge in [0.1, 0.15) is 17.5 Å². The molecule has 58 heavy (non-hydrogen) atoms. The van der Waals surface area contributed by atoms with Gasteiger partial charge in [-0.1, -0.05) is 53.8 Å². The van der Waals surface area contributed by atoms with Crippen LogP contribution in [0, 0.1) is 32.1 Å². The zero-order valence-electron chi connectivity index (χ0n) is 30.8. The molecule has 0 spiro atoms. The molecule has 4 N–H and O–H groups in total. The minimum Gasteiger partial charge on any atom is -0.339 e. The van der Waals surface area contributed by atoms with Crippen LogP contribution in [0.15, 0.2) is 139 Å². The monoisotopic (exact) mass is 829 g/mol. The molecule has 0 amide bonds. The number of rotatable bonds is 11. The molecule has 18 heteroatoms. The molecule has 7 aromatic rings. The number of hydrogen-bond donors (Lipinski definition) is 4. The van der Waals surface area contributed by atoms with Gasteiger partial charge in [-0.25, -0.2) is 9.97 Å². The van der Waals surface area contributed by atoms with Gasteiger partial charge in [-0.3, -0.25) is 9.11 Å². The van der Waals surface area contributed by atoms with E-state index in [1.165, 1.54) is 48.5 Å². The average Bonchev–Trinajstić information content (AvgIpc) is 3.59. The van der Waals surface area contributed by atoms with Gasteiger partial charge in [-0.2, -0.15) is 22.1 Å². The number of aryl methyl sites for hydroxylation is 2. The Kier molecular flexibility index (Phi) is 10.9. The van der Waals surface area contributed by atoms with Gasteiger partial charge in [0.15, 0.2) is 16.6 Å². The van der Waals surface area contributed by atoms with E-state index in [1.54, 1.807) is 6.92 Å². The van der Waals surface area contributed by atoms with Crippen LogP contribution in [0.3, 0.4) is 0 Å². The lowest BCUT2D eigenvalue weighted by Gasteiger charge is -2.16. The number of hydrogen-bond acceptors (Lipinski definition) is 14. The van der Waals surface area contributed by atoms with Crippen molar-refractivity contribution in [2.45, 2.75) is 30.6 Å². The van der Waals surface area contributed by atoms with Gasteiger partial charge in [0, 0.05) is 22.5 Å². The number of pyridine rings is 1. The van der Waals surface area contributed by atoms with E-state index in [4.69, 9.17) is 4.98 Å². The van der Waals surface area contributed by atoms with Crippen molar-refractivity contribution in [1.29, 1.82) is 5.26 Å². The van der Waals surface area contributed by atoms with Crippen LogP contribution in [-0.2, 0) is 20.2 Å². The highest BCUT2D eigenvalue weighted by Gasteiger charge is 2.20. The van der Waals surface area contributed by atoms with E-state index in [1.807, 2.05) is 74.5 Å². The van der Waals surface area contributed by atoms with Gasteiger partial charge in [-0.15, -0.1) is 20.5 Å². The molecule has 0 fully saturated rings. The second-order valence-corrected chi connectivity index (χ2v) is 16.8. The van der Waals surface area contributed by atoms with E-state index in [0.29, 0.717) is 33.3 Å². The third kappa shape index (κ3) is 8.94. The number of nitriles is 1. The minimum absolute atomic E-state index is 0.0672. The summed E-state index contributed by atoms with van der Waals surface area (Å²) in [5.41, 5.74) is 5.34. The van der Waals surface area contributed by atoms with Crippen molar-refractivity contribution in [3.63, 3.8) is 0 Å². The van der Waals surface area contributed by atoms with Crippen molar-refractivity contribution < 1.29 is 25.9 Å². The highest BCUT2D eigenvalue weighted by molar-refractivity contribution is 7.86. The Balaban J connectivity index is 1.32. The largest absolute Gasteiger partial charge is 0.339 e. The molecule has 0 bridgehead atoms. The van der Waals surface area contributed by atoms with Crippen LogP contribution in [0.4, 0.5) is 44.5 Å². The molecular formula is C40H31N9O6S3. The van der Waals surface area contributed by atoms with Crippen LogP contribution in [0.2, 0.25) is 0 Å². The molecule has 5 aromatic carbocycles. The third-order valence-electron chi connectivity index (χ3n) is 8.68. The maximum atomic E-state index is 11.7. The first kappa shape index (κ1) is 39.5. The summed E-state index contributed by atoms with van der Waals surface area (Å²) in [6.45, 7) is 5.60. The molecule has 2 aromatic heterocycles. The van der Waals surface area contributed by atoms with Crippen LogP contribution in [0.25, 0.3) is 22.0 Å². The summed E-state index contributed by atoms with van der Waals surface area (Å²) in [4.78, 5) is 8.80. The second-order valence-electron chi connectivity index (χ2n) is 13.0. The van der Waals surface area contributed by atoms with E-state index in [9.17, 15) is 31.2 Å². The number of nitrogens with zero attached hydrogens (tertiary/aromatic N) is 7. The van der Waals surface area contributed by atoms with Gasteiger partial charge >= 0.3 is 0 Å². The molecular weight excluding hydrogens is 799 g/mol. The molecule has 0 unspecified atom stereocenters. The summed E-state index contributed by atoms with van der Waals surface area (Å²) >= 11 is 1.15. The van der Waals surface area contributed by atoms with E-state index in [-0.39, 0.29) is 37.8 Å². The molecule has 0 aliphatic rings. The zero-order valence-corrected chi connectivity index (χ0v) is 33.2. The first-order valence-electron chi connectivity index (χ1n) is 17.2. The van der Waals surface area contributed by atoms with Crippen molar-refractivity contribution >= 4 is 86.9 Å². The highest BCUT2D eigenvalue weighted by Crippen LogP contribution is 2.43. The first-order chi connectivity index (χ1) is 27.6. The van der Waals surface area contributed by atoms with E-state index < -0.39 is 20.2 Å². The normalized spacial score (nSPS) is 12.0. The summed E-state index contributed by atoms with van der Waals surface area (Å²) in [7, 11) is -8.91. The van der Waals surface area contributed by atoms with Crippen LogP contribution in [-0.4, -0.2) is 35.9 Å². The smallest absolute Gasteiger partial charge is 0.294 e. The Morgan fingerprint density at radius 3 is 1.83 bits per heavy atom. The predicted molar refractivity (Wildman–Crippen MR) is 222 cm³/mol. The Morgan fingerprint density at radius 1 is 0.655 bits per heavy atom. The van der Waals surface area contributed by atoms with Gasteiger partial charge < -0.3 is 10.6 Å². The number of azo groups is 2. The average molecular weight is 830 g/mol. The minimum atomic E-state index is -4.46. The third-order valence-corrected chi connectivity index (χ3v) is 11.2. The summed E-state index contributed by atoms with van der Waals surface area (Å²) in [5, 5.41) is 37.3. The Morgan fingerprint density at radius 2 is 1.24 bits per heavy atom. The van der Waals surface area contributed by atoms with Crippen LogP contribution < -0.4 is 10.6 Å². The fourth-order valence-corrected chi connectivity index (χ4v) is 7.66. The van der Waals surface area contributed by atoms with E-state index >= 15 is 0 Å². The van der Waals surface area contributed by atoms with Crippen LogP contribution >= 0.6 is 11.3 Å². The summed E-state index contributed by atoms with van der Waals surface area (Å²) in [5.74, 6) is 0.162. The number of aromatic nitrogens is 2. The molecule has 0 atom stereocenters. The Hall–Kier alpha value is -6.75.